The van der Waals surface area contributed by atoms with Gasteiger partial charge in [0.05, 0.1) is 0 Å². The SMILES string of the molecule is CC(C)(C)C1CCC(C(C)(C)C)CC1.CC(C)(C)CC1CCC(C(C)(C)C)CC1. The fourth-order valence-electron chi connectivity index (χ4n) is 5.92. The second kappa shape index (κ2) is 10.1. The Balaban J connectivity index is 0.000000291. The van der Waals surface area contributed by atoms with Crippen molar-refractivity contribution in [2.75, 3.05) is 0 Å². The molecule has 0 aromatic heterocycles. The third-order valence-electron chi connectivity index (χ3n) is 8.15. The lowest BCUT2D eigenvalue weighted by Crippen LogP contribution is -2.30. The Hall–Kier alpha value is 0. The van der Waals surface area contributed by atoms with Crippen molar-refractivity contribution in [3.63, 3.8) is 0 Å². The highest BCUT2D eigenvalue weighted by molar-refractivity contribution is 4.85. The van der Waals surface area contributed by atoms with E-state index in [9.17, 15) is 0 Å². The predicted octanol–water partition coefficient (Wildman–Crippen LogP) is 10.2. The Morgan fingerprint density at radius 3 is 0.862 bits per heavy atom. The normalized spacial score (nSPS) is 29.8. The van der Waals surface area contributed by atoms with Crippen molar-refractivity contribution >= 4 is 0 Å². The Morgan fingerprint density at radius 2 is 0.655 bits per heavy atom. The molecule has 2 aliphatic rings. The van der Waals surface area contributed by atoms with Gasteiger partial charge in [-0.3, -0.25) is 0 Å². The van der Waals surface area contributed by atoms with Gasteiger partial charge in [0, 0.05) is 0 Å². The van der Waals surface area contributed by atoms with Gasteiger partial charge in [-0.05, 0) is 90.3 Å². The van der Waals surface area contributed by atoms with Crippen molar-refractivity contribution in [3.8, 4) is 0 Å². The lowest BCUT2D eigenvalue weighted by atomic mass is 9.64. The van der Waals surface area contributed by atoms with Gasteiger partial charge in [-0.25, -0.2) is 0 Å². The molecule has 0 spiro atoms. The second-order valence-corrected chi connectivity index (χ2v) is 15.1. The Labute approximate surface area is 186 Å². The molecule has 0 aromatic carbocycles. The maximum Gasteiger partial charge on any atom is -0.0354 e. The van der Waals surface area contributed by atoms with E-state index in [1.807, 2.05) is 0 Å². The van der Waals surface area contributed by atoms with Crippen molar-refractivity contribution in [1.29, 1.82) is 0 Å². The third-order valence-corrected chi connectivity index (χ3v) is 8.15. The molecule has 0 N–H and O–H groups in total. The second-order valence-electron chi connectivity index (χ2n) is 15.1. The van der Waals surface area contributed by atoms with Crippen LogP contribution in [-0.4, -0.2) is 0 Å². The van der Waals surface area contributed by atoms with Crippen molar-refractivity contribution in [1.82, 2.24) is 0 Å². The summed E-state index contributed by atoms with van der Waals surface area (Å²) in [6, 6.07) is 0. The van der Waals surface area contributed by atoms with Gasteiger partial charge in [0.25, 0.3) is 0 Å². The summed E-state index contributed by atoms with van der Waals surface area (Å²) >= 11 is 0. The Morgan fingerprint density at radius 1 is 0.414 bits per heavy atom. The molecule has 0 saturated heterocycles. The van der Waals surface area contributed by atoms with Crippen LogP contribution >= 0.6 is 0 Å². The van der Waals surface area contributed by atoms with E-state index < -0.39 is 0 Å². The molecule has 0 nitrogen and oxygen atoms in total. The van der Waals surface area contributed by atoms with Crippen molar-refractivity contribution in [2.45, 2.75) is 141 Å². The van der Waals surface area contributed by atoms with Crippen molar-refractivity contribution in [2.24, 2.45) is 45.3 Å². The van der Waals surface area contributed by atoms with Gasteiger partial charge in [-0.1, -0.05) is 95.9 Å². The van der Waals surface area contributed by atoms with Gasteiger partial charge in [0.1, 0.15) is 0 Å². The fraction of sp³-hybridized carbons (Fsp3) is 1.00. The zero-order valence-electron chi connectivity index (χ0n) is 22.7. The predicted molar refractivity (Wildman–Crippen MR) is 133 cm³/mol. The minimum atomic E-state index is 0.527. The highest BCUT2D eigenvalue weighted by Gasteiger charge is 2.34. The summed E-state index contributed by atoms with van der Waals surface area (Å²) < 4.78 is 0. The average molecular weight is 407 g/mol. The number of rotatable bonds is 1. The fourth-order valence-corrected chi connectivity index (χ4v) is 5.92. The third kappa shape index (κ3) is 10.2. The average Bonchev–Trinajstić information content (AvgIpc) is 2.52. The first-order chi connectivity index (χ1) is 12.9. The number of hydrogen-bond donors (Lipinski definition) is 0. The maximum absolute atomic E-state index is 2.40. The molecule has 0 unspecified atom stereocenters. The largest absolute Gasteiger partial charge is 0.0602 e. The van der Waals surface area contributed by atoms with E-state index >= 15 is 0 Å². The Kier molecular flexibility index (Phi) is 9.40. The molecule has 2 saturated carbocycles. The summed E-state index contributed by atoms with van der Waals surface area (Å²) in [6.45, 7) is 28.7. The van der Waals surface area contributed by atoms with Gasteiger partial charge >= 0.3 is 0 Å². The van der Waals surface area contributed by atoms with Crippen molar-refractivity contribution in [3.05, 3.63) is 0 Å². The quantitative estimate of drug-likeness (QED) is 0.406. The van der Waals surface area contributed by atoms with Gasteiger partial charge in [-0.15, -0.1) is 0 Å². The molecular formula is C29H58. The molecule has 2 fully saturated rings. The first kappa shape index (κ1) is 27.0. The highest BCUT2D eigenvalue weighted by atomic mass is 14.4. The standard InChI is InChI=1S/C15H30.C14H28/c1-14(2,3)11-12-7-9-13(10-8-12)15(4,5)6;1-13(2,3)11-7-9-12(10-8-11)14(4,5)6/h12-13H,7-11H2,1-6H3;11-12H,7-10H2,1-6H3. The van der Waals surface area contributed by atoms with Gasteiger partial charge in [-0.2, -0.15) is 0 Å². The molecule has 174 valence electrons. The molecule has 0 aliphatic heterocycles. The zero-order valence-corrected chi connectivity index (χ0v) is 22.7. The molecule has 2 rings (SSSR count). The molecule has 0 heteroatoms. The van der Waals surface area contributed by atoms with Crippen LogP contribution in [0, 0.1) is 45.3 Å². The summed E-state index contributed by atoms with van der Waals surface area (Å²) in [5.74, 6) is 3.89. The van der Waals surface area contributed by atoms with Crippen LogP contribution < -0.4 is 0 Å². The van der Waals surface area contributed by atoms with Crippen LogP contribution in [0.2, 0.25) is 0 Å². The van der Waals surface area contributed by atoms with Crippen LogP contribution in [0.5, 0.6) is 0 Å². The summed E-state index contributed by atoms with van der Waals surface area (Å²) in [5.41, 5.74) is 2.12. The molecule has 0 bridgehead atoms. The summed E-state index contributed by atoms with van der Waals surface area (Å²) in [4.78, 5) is 0. The molecule has 0 atom stereocenters. The topological polar surface area (TPSA) is 0 Å². The molecule has 0 aromatic rings. The first-order valence-corrected chi connectivity index (χ1v) is 12.9. The lowest BCUT2D eigenvalue weighted by Gasteiger charge is -2.41. The maximum atomic E-state index is 2.40. The van der Waals surface area contributed by atoms with E-state index in [-0.39, 0.29) is 0 Å². The molecule has 2 aliphatic carbocycles. The van der Waals surface area contributed by atoms with Crippen LogP contribution in [0.4, 0.5) is 0 Å². The van der Waals surface area contributed by atoms with E-state index in [4.69, 9.17) is 0 Å². The highest BCUT2D eigenvalue weighted by Crippen LogP contribution is 2.45. The van der Waals surface area contributed by atoms with Crippen molar-refractivity contribution < 1.29 is 0 Å². The lowest BCUT2D eigenvalue weighted by molar-refractivity contribution is 0.0970. The molecule has 0 heterocycles. The van der Waals surface area contributed by atoms with Crippen LogP contribution in [0.1, 0.15) is 141 Å². The van der Waals surface area contributed by atoms with Crippen LogP contribution in [0.25, 0.3) is 0 Å². The van der Waals surface area contributed by atoms with Gasteiger partial charge in [0.15, 0.2) is 0 Å². The van der Waals surface area contributed by atoms with E-state index in [1.54, 1.807) is 0 Å². The van der Waals surface area contributed by atoms with Crippen LogP contribution in [0.3, 0.4) is 0 Å². The van der Waals surface area contributed by atoms with Crippen LogP contribution in [0.15, 0.2) is 0 Å². The minimum Gasteiger partial charge on any atom is -0.0602 e. The van der Waals surface area contributed by atoms with Gasteiger partial charge in [0.2, 0.25) is 0 Å². The summed E-state index contributed by atoms with van der Waals surface area (Å²) in [5, 5.41) is 0. The molecule has 0 radical (unpaired) electrons. The summed E-state index contributed by atoms with van der Waals surface area (Å²) in [7, 11) is 0. The van der Waals surface area contributed by atoms with E-state index in [0.29, 0.717) is 21.7 Å². The number of hydrogen-bond acceptors (Lipinski definition) is 0. The van der Waals surface area contributed by atoms with E-state index in [1.165, 1.54) is 57.8 Å². The molecule has 29 heavy (non-hydrogen) atoms. The zero-order chi connectivity index (χ0) is 22.7. The molecule has 0 amide bonds. The monoisotopic (exact) mass is 406 g/mol. The van der Waals surface area contributed by atoms with E-state index in [0.717, 1.165) is 23.7 Å². The Bertz CT molecular complexity index is 418. The first-order valence-electron chi connectivity index (χ1n) is 12.9. The van der Waals surface area contributed by atoms with E-state index in [2.05, 4.69) is 83.1 Å². The van der Waals surface area contributed by atoms with Crippen LogP contribution in [-0.2, 0) is 0 Å². The minimum absolute atomic E-state index is 0.527. The smallest absolute Gasteiger partial charge is 0.0354 e. The van der Waals surface area contributed by atoms with Gasteiger partial charge < -0.3 is 0 Å². The summed E-state index contributed by atoms with van der Waals surface area (Å²) in [6.07, 6.45) is 13.1. The molecular weight excluding hydrogens is 348 g/mol.